The molecule has 0 saturated carbocycles. The van der Waals surface area contributed by atoms with E-state index in [-0.39, 0.29) is 23.5 Å². The van der Waals surface area contributed by atoms with E-state index in [0.717, 1.165) is 49.4 Å². The number of nitrogens with zero attached hydrogens (tertiary/aromatic N) is 1. The maximum atomic E-state index is 12.6. The molecule has 0 radical (unpaired) electrons. The van der Waals surface area contributed by atoms with Gasteiger partial charge in [0.15, 0.2) is 6.79 Å². The molecule has 1 saturated heterocycles. The molecule has 0 spiro atoms. The Morgan fingerprint density at radius 2 is 1.78 bits per heavy atom. The Morgan fingerprint density at radius 3 is 2.49 bits per heavy atom. The summed E-state index contributed by atoms with van der Waals surface area (Å²) in [6.45, 7) is 17.9. The molecule has 1 fully saturated rings. The molecule has 7 heteroatoms. The minimum atomic E-state index is -0.132. The third-order valence-corrected chi connectivity index (χ3v) is 8.52. The van der Waals surface area contributed by atoms with Gasteiger partial charge in [0.05, 0.1) is 13.2 Å². The van der Waals surface area contributed by atoms with E-state index in [4.69, 9.17) is 14.2 Å². The maximum Gasteiger partial charge on any atom is 0.244 e. The molecule has 2 N–H and O–H groups in total. The van der Waals surface area contributed by atoms with Gasteiger partial charge < -0.3 is 29.4 Å². The molecule has 4 rings (SSSR count). The number of H-pyrrole nitrogens is 1. The second-order valence-electron chi connectivity index (χ2n) is 14.0. The number of rotatable bonds is 13. The number of carbonyl (C=O) groups excluding carboxylic acids is 1. The maximum absolute atomic E-state index is 12.6. The van der Waals surface area contributed by atoms with Crippen LogP contribution in [-0.2, 0) is 25.1 Å². The lowest BCUT2D eigenvalue weighted by atomic mass is 9.79. The summed E-state index contributed by atoms with van der Waals surface area (Å²) >= 11 is 0. The third-order valence-electron chi connectivity index (χ3n) is 8.52. The van der Waals surface area contributed by atoms with Crippen molar-refractivity contribution in [3.8, 4) is 5.75 Å². The van der Waals surface area contributed by atoms with E-state index in [1.54, 1.807) is 19.3 Å². The van der Waals surface area contributed by atoms with Gasteiger partial charge in [0.2, 0.25) is 5.91 Å². The normalized spacial score (nSPS) is 15.4. The van der Waals surface area contributed by atoms with Crippen molar-refractivity contribution < 1.29 is 19.0 Å². The van der Waals surface area contributed by atoms with Crippen LogP contribution in [0.25, 0.3) is 17.0 Å². The van der Waals surface area contributed by atoms with Gasteiger partial charge in [-0.05, 0) is 65.9 Å². The van der Waals surface area contributed by atoms with E-state index in [2.05, 4.69) is 99.3 Å². The van der Waals surface area contributed by atoms with Gasteiger partial charge in [-0.15, -0.1) is 0 Å². The first-order valence-electron chi connectivity index (χ1n) is 16.3. The summed E-state index contributed by atoms with van der Waals surface area (Å²) in [6.07, 6.45) is 11.8. The van der Waals surface area contributed by atoms with Crippen LogP contribution in [-0.4, -0.2) is 69.1 Å². The number of hydrogen-bond acceptors (Lipinski definition) is 5. The van der Waals surface area contributed by atoms with Gasteiger partial charge in [-0.25, -0.2) is 0 Å². The number of likely N-dealkylation sites (tertiary alicyclic amines) is 1. The Morgan fingerprint density at radius 1 is 1.02 bits per heavy atom. The van der Waals surface area contributed by atoms with E-state index in [9.17, 15) is 4.79 Å². The summed E-state index contributed by atoms with van der Waals surface area (Å²) in [4.78, 5) is 18.5. The van der Waals surface area contributed by atoms with Crippen LogP contribution < -0.4 is 10.1 Å². The largest absolute Gasteiger partial charge is 0.467 e. The number of ether oxygens (including phenoxy) is 3. The number of benzene rings is 2. The van der Waals surface area contributed by atoms with E-state index in [1.165, 1.54) is 22.0 Å². The van der Waals surface area contributed by atoms with E-state index >= 15 is 0 Å². The lowest BCUT2D eigenvalue weighted by Gasteiger charge is -2.31. The number of hydrogen-bond donors (Lipinski definition) is 2. The van der Waals surface area contributed by atoms with E-state index < -0.39 is 0 Å². The fourth-order valence-corrected chi connectivity index (χ4v) is 5.83. The fourth-order valence-electron chi connectivity index (χ4n) is 5.83. The van der Waals surface area contributed by atoms with Gasteiger partial charge in [0.25, 0.3) is 0 Å². The van der Waals surface area contributed by atoms with Gasteiger partial charge in [0.1, 0.15) is 5.75 Å². The molecule has 2 heterocycles. The van der Waals surface area contributed by atoms with Crippen LogP contribution in [0.1, 0.15) is 82.6 Å². The number of fused-ring (bicyclic) bond motifs is 1. The zero-order valence-electron chi connectivity index (χ0n) is 28.4. The van der Waals surface area contributed by atoms with E-state index in [1.807, 2.05) is 12.2 Å². The lowest BCUT2D eigenvalue weighted by molar-refractivity contribution is -0.116. The number of nitrogens with one attached hydrogen (secondary N) is 2. The topological polar surface area (TPSA) is 75.8 Å². The van der Waals surface area contributed by atoms with Crippen molar-refractivity contribution in [2.75, 3.05) is 53.3 Å². The van der Waals surface area contributed by atoms with Crippen molar-refractivity contribution in [2.45, 2.75) is 71.1 Å². The molecule has 1 aromatic heterocycles. The SMILES string of the molecule is COCCOCOc1c(C=CC=CC(=O)NCCN2CCC(c3c[nH]c4ccccc34)CC2)cc(C(C)(C)C)cc1C(C)(C)C. The van der Waals surface area contributed by atoms with Crippen LogP contribution in [0.4, 0.5) is 0 Å². The number of aromatic nitrogens is 1. The standard InChI is InChI=1S/C38H53N3O4/c1-37(2,3)30-24-29(36(33(25-30)38(4,5)6)45-27-44-23-22-43-7)12-8-11-15-35(42)39-18-21-41-19-16-28(17-20-41)32-26-40-34-14-10-9-13-31(32)34/h8-15,24-26,28,40H,16-23,27H2,1-7H3,(H,39,42). The lowest BCUT2D eigenvalue weighted by Crippen LogP contribution is -2.38. The summed E-state index contributed by atoms with van der Waals surface area (Å²) in [5.74, 6) is 1.30. The van der Waals surface area contributed by atoms with Crippen LogP contribution >= 0.6 is 0 Å². The Bertz CT molecular complexity index is 1450. The third kappa shape index (κ3) is 9.80. The average molecular weight is 616 g/mol. The van der Waals surface area contributed by atoms with Crippen LogP contribution in [0, 0.1) is 0 Å². The van der Waals surface area contributed by atoms with Crippen LogP contribution in [0.5, 0.6) is 5.75 Å². The molecule has 0 atom stereocenters. The quantitative estimate of drug-likeness (QED) is 0.0912. The first-order valence-corrected chi connectivity index (χ1v) is 16.3. The van der Waals surface area contributed by atoms with E-state index in [0.29, 0.717) is 25.7 Å². The highest BCUT2D eigenvalue weighted by atomic mass is 16.7. The second kappa shape index (κ2) is 15.7. The summed E-state index contributed by atoms with van der Waals surface area (Å²) in [5, 5.41) is 4.39. The Balaban J connectivity index is 1.31. The first kappa shape index (κ1) is 34.5. The van der Waals surface area contributed by atoms with Crippen molar-refractivity contribution in [3.05, 3.63) is 83.1 Å². The zero-order chi connectivity index (χ0) is 32.5. The van der Waals surface area contributed by atoms with Crippen molar-refractivity contribution in [1.29, 1.82) is 0 Å². The number of aromatic amines is 1. The monoisotopic (exact) mass is 615 g/mol. The minimum Gasteiger partial charge on any atom is -0.467 e. The molecule has 244 valence electrons. The van der Waals surface area contributed by atoms with Crippen molar-refractivity contribution >= 4 is 22.9 Å². The molecule has 7 nitrogen and oxygen atoms in total. The molecule has 3 aromatic rings. The highest BCUT2D eigenvalue weighted by molar-refractivity contribution is 5.88. The fraction of sp³-hybridized carbons (Fsp3) is 0.500. The van der Waals surface area contributed by atoms with Gasteiger partial charge in [0, 0.05) is 54.5 Å². The average Bonchev–Trinajstić information content (AvgIpc) is 3.43. The minimum absolute atomic E-state index is 0.0303. The Kier molecular flexibility index (Phi) is 12.1. The molecule has 1 amide bonds. The zero-order valence-corrected chi connectivity index (χ0v) is 28.4. The molecule has 0 aliphatic carbocycles. The number of amides is 1. The number of allylic oxidation sites excluding steroid dienone is 2. The van der Waals surface area contributed by atoms with Crippen molar-refractivity contribution in [3.63, 3.8) is 0 Å². The van der Waals surface area contributed by atoms with Crippen LogP contribution in [0.2, 0.25) is 0 Å². The number of methoxy groups -OCH3 is 1. The van der Waals surface area contributed by atoms with Crippen molar-refractivity contribution in [2.24, 2.45) is 0 Å². The molecule has 0 unspecified atom stereocenters. The first-order chi connectivity index (χ1) is 21.5. The summed E-state index contributed by atoms with van der Waals surface area (Å²) in [6, 6.07) is 13.0. The molecule has 1 aliphatic heterocycles. The Labute approximate surface area is 270 Å². The summed E-state index contributed by atoms with van der Waals surface area (Å²) in [7, 11) is 1.65. The van der Waals surface area contributed by atoms with Crippen LogP contribution in [0.15, 0.2) is 60.8 Å². The van der Waals surface area contributed by atoms with Crippen molar-refractivity contribution in [1.82, 2.24) is 15.2 Å². The predicted octanol–water partition coefficient (Wildman–Crippen LogP) is 7.33. The molecule has 2 aromatic carbocycles. The van der Waals surface area contributed by atoms with Gasteiger partial charge in [-0.3, -0.25) is 4.79 Å². The van der Waals surface area contributed by atoms with Crippen LogP contribution in [0.3, 0.4) is 0 Å². The number of para-hydroxylation sites is 1. The molecular weight excluding hydrogens is 562 g/mol. The predicted molar refractivity (Wildman–Crippen MR) is 185 cm³/mol. The second-order valence-corrected chi connectivity index (χ2v) is 14.0. The highest BCUT2D eigenvalue weighted by Crippen LogP contribution is 2.39. The number of piperidine rings is 1. The highest BCUT2D eigenvalue weighted by Gasteiger charge is 2.26. The van der Waals surface area contributed by atoms with Gasteiger partial charge >= 0.3 is 0 Å². The molecule has 1 aliphatic rings. The molecule has 0 bridgehead atoms. The number of carbonyl (C=O) groups is 1. The van der Waals surface area contributed by atoms with Gasteiger partial charge in [-0.1, -0.05) is 84.0 Å². The summed E-state index contributed by atoms with van der Waals surface area (Å²) < 4.78 is 16.9. The summed E-state index contributed by atoms with van der Waals surface area (Å²) in [5.41, 5.74) is 5.80. The Hall–Kier alpha value is -3.39. The molecular formula is C38H53N3O4. The van der Waals surface area contributed by atoms with Gasteiger partial charge in [-0.2, -0.15) is 0 Å². The molecule has 45 heavy (non-hydrogen) atoms. The smallest absolute Gasteiger partial charge is 0.244 e.